The first-order valence-corrected chi connectivity index (χ1v) is 11.8. The molecule has 0 saturated heterocycles. The minimum atomic E-state index is -1.05. The Kier molecular flexibility index (Phi) is 8.83. The van der Waals surface area contributed by atoms with Crippen molar-refractivity contribution in [1.82, 2.24) is 15.2 Å². The predicted octanol–water partition coefficient (Wildman–Crippen LogP) is 5.10. The van der Waals surface area contributed by atoms with Gasteiger partial charge in [-0.05, 0) is 37.1 Å². The Labute approximate surface area is 209 Å². The second-order valence-electron chi connectivity index (χ2n) is 7.70. The number of carboxylic acid groups (broad SMARTS) is 1. The van der Waals surface area contributed by atoms with Crippen LogP contribution in [-0.2, 0) is 16.1 Å². The Hall–Kier alpha value is -3.44. The zero-order valence-electron chi connectivity index (χ0n) is 19.0. The number of anilines is 1. The van der Waals surface area contributed by atoms with E-state index in [1.54, 1.807) is 13.0 Å². The van der Waals surface area contributed by atoms with Crippen LogP contribution >= 0.6 is 22.9 Å². The summed E-state index contributed by atoms with van der Waals surface area (Å²) >= 11 is 7.21. The zero-order chi connectivity index (χ0) is 25.5. The fourth-order valence-corrected chi connectivity index (χ4v) is 4.48. The van der Waals surface area contributed by atoms with Gasteiger partial charge in [0, 0.05) is 20.0 Å². The van der Waals surface area contributed by atoms with Crippen LogP contribution in [0.4, 0.5) is 19.1 Å². The molecule has 0 aliphatic heterocycles. The van der Waals surface area contributed by atoms with Gasteiger partial charge in [-0.2, -0.15) is 0 Å². The van der Waals surface area contributed by atoms with E-state index in [-0.39, 0.29) is 24.4 Å². The number of nitrogens with one attached hydrogen (secondary N) is 2. The number of nitrogens with zero attached hydrogens (tertiary/aromatic N) is 2. The van der Waals surface area contributed by atoms with Crippen molar-refractivity contribution in [3.63, 3.8) is 0 Å². The first-order valence-electron chi connectivity index (χ1n) is 10.6. The van der Waals surface area contributed by atoms with Crippen molar-refractivity contribution < 1.29 is 28.6 Å². The summed E-state index contributed by atoms with van der Waals surface area (Å²) in [5.74, 6) is -1.66. The van der Waals surface area contributed by atoms with Crippen molar-refractivity contribution in [3.8, 4) is 0 Å². The normalized spacial score (nSPS) is 12.6. The Morgan fingerprint density at radius 2 is 1.97 bits per heavy atom. The van der Waals surface area contributed by atoms with Crippen LogP contribution in [-0.4, -0.2) is 52.3 Å². The molecule has 0 spiro atoms. The number of benzene rings is 2. The van der Waals surface area contributed by atoms with E-state index >= 15 is 0 Å². The lowest BCUT2D eigenvalue weighted by Crippen LogP contribution is -2.49. The average Bonchev–Trinajstić information content (AvgIpc) is 3.21. The summed E-state index contributed by atoms with van der Waals surface area (Å²) in [4.78, 5) is 41.9. The number of carbonyl (C=O) groups excluding carboxylic acids is 2. The number of aliphatic carboxylic acids is 1. The summed E-state index contributed by atoms with van der Waals surface area (Å²) in [6, 6.07) is 10.3. The van der Waals surface area contributed by atoms with E-state index in [1.807, 2.05) is 24.3 Å². The highest BCUT2D eigenvalue weighted by Gasteiger charge is 2.29. The molecular formula is C23H24ClFN4O5S. The lowest BCUT2D eigenvalue weighted by atomic mass is 10.1. The molecule has 12 heteroatoms. The Balaban J connectivity index is 1.64. The van der Waals surface area contributed by atoms with Crippen molar-refractivity contribution in [2.75, 3.05) is 12.4 Å². The van der Waals surface area contributed by atoms with E-state index in [4.69, 9.17) is 21.4 Å². The summed E-state index contributed by atoms with van der Waals surface area (Å²) in [6.07, 6.45) is -1.84. The van der Waals surface area contributed by atoms with Crippen molar-refractivity contribution in [1.29, 1.82) is 0 Å². The van der Waals surface area contributed by atoms with Gasteiger partial charge in [-0.25, -0.2) is 19.0 Å². The molecule has 0 bridgehead atoms. The second-order valence-corrected chi connectivity index (χ2v) is 9.11. The molecule has 186 valence electrons. The number of fused-ring (bicyclic) bond motifs is 1. The van der Waals surface area contributed by atoms with Gasteiger partial charge < -0.3 is 20.1 Å². The van der Waals surface area contributed by atoms with Crippen LogP contribution in [0, 0.1) is 5.82 Å². The minimum Gasteiger partial charge on any atom is -0.481 e. The molecule has 2 aromatic carbocycles. The first-order chi connectivity index (χ1) is 16.7. The number of likely N-dealkylation sites (N-methyl/N-ethyl adjacent to an activating group) is 1. The molecule has 1 heterocycles. The summed E-state index contributed by atoms with van der Waals surface area (Å²) in [6.45, 7) is 1.52. The van der Waals surface area contributed by atoms with Gasteiger partial charge in [0.05, 0.1) is 21.3 Å². The van der Waals surface area contributed by atoms with Crippen LogP contribution in [0.1, 0.15) is 25.3 Å². The number of hydrogen-bond donors (Lipinski definition) is 3. The topological polar surface area (TPSA) is 121 Å². The predicted molar refractivity (Wildman–Crippen MR) is 131 cm³/mol. The van der Waals surface area contributed by atoms with Gasteiger partial charge in [-0.15, -0.1) is 0 Å². The Morgan fingerprint density at radius 3 is 2.69 bits per heavy atom. The van der Waals surface area contributed by atoms with E-state index in [0.717, 1.165) is 10.2 Å². The van der Waals surface area contributed by atoms with Gasteiger partial charge in [-0.3, -0.25) is 10.1 Å². The van der Waals surface area contributed by atoms with Gasteiger partial charge in [0.1, 0.15) is 11.9 Å². The van der Waals surface area contributed by atoms with Gasteiger partial charge in [0.2, 0.25) is 0 Å². The number of hydrogen-bond acceptors (Lipinski definition) is 6. The summed E-state index contributed by atoms with van der Waals surface area (Å²) in [5.41, 5.74) is 1.12. The number of thiazole rings is 1. The molecule has 35 heavy (non-hydrogen) atoms. The van der Waals surface area contributed by atoms with Crippen LogP contribution in [0.3, 0.4) is 0 Å². The standard InChI is InChI=1S/C23H24ClFN4O5S/c1-13(34-23(33)28-21-27-16-8-3-4-9-18(16)35-21)17(10-11-19(30)31)29(2)22(32)26-12-14-6-5-7-15(25)20(14)24/h3-9,13,17H,10-12H2,1-2H3,(H,26,32)(H,30,31)(H,27,28,33). The van der Waals surface area contributed by atoms with Crippen LogP contribution in [0.2, 0.25) is 5.02 Å². The number of aromatic nitrogens is 1. The van der Waals surface area contributed by atoms with Crippen molar-refractivity contribution in [3.05, 3.63) is 58.9 Å². The number of urea groups is 1. The second kappa shape index (κ2) is 11.8. The van der Waals surface area contributed by atoms with Crippen molar-refractivity contribution >= 4 is 56.4 Å². The number of halogens is 2. The van der Waals surface area contributed by atoms with Crippen molar-refractivity contribution in [2.24, 2.45) is 0 Å². The van der Waals surface area contributed by atoms with Crippen LogP contribution in [0.5, 0.6) is 0 Å². The van der Waals surface area contributed by atoms with E-state index < -0.39 is 36.1 Å². The SMILES string of the molecule is CC(OC(=O)Nc1nc2ccccc2s1)C(CCC(=O)O)N(C)C(=O)NCc1cccc(F)c1Cl. The third kappa shape index (κ3) is 7.03. The smallest absolute Gasteiger partial charge is 0.413 e. The van der Waals surface area contributed by atoms with E-state index in [1.165, 1.54) is 35.4 Å². The lowest BCUT2D eigenvalue weighted by molar-refractivity contribution is -0.137. The van der Waals surface area contributed by atoms with Gasteiger partial charge in [0.15, 0.2) is 5.13 Å². The number of para-hydroxylation sites is 1. The number of carboxylic acids is 1. The van der Waals surface area contributed by atoms with Crippen LogP contribution < -0.4 is 10.6 Å². The molecule has 0 fully saturated rings. The molecule has 3 aromatic rings. The number of amides is 3. The highest BCUT2D eigenvalue weighted by molar-refractivity contribution is 7.22. The largest absolute Gasteiger partial charge is 0.481 e. The Morgan fingerprint density at radius 1 is 1.23 bits per heavy atom. The molecule has 3 amide bonds. The molecule has 0 radical (unpaired) electrons. The molecule has 3 N–H and O–H groups in total. The van der Waals surface area contributed by atoms with E-state index in [2.05, 4.69) is 15.6 Å². The Bertz CT molecular complexity index is 1190. The molecule has 9 nitrogen and oxygen atoms in total. The van der Waals surface area contributed by atoms with Crippen molar-refractivity contribution in [2.45, 2.75) is 38.5 Å². The van der Waals surface area contributed by atoms with Crippen LogP contribution in [0.15, 0.2) is 42.5 Å². The minimum absolute atomic E-state index is 0.0373. The lowest BCUT2D eigenvalue weighted by Gasteiger charge is -2.32. The fraction of sp³-hybridized carbons (Fsp3) is 0.304. The summed E-state index contributed by atoms with van der Waals surface area (Å²) in [5, 5.41) is 14.6. The monoisotopic (exact) mass is 522 g/mol. The molecule has 3 rings (SSSR count). The third-order valence-corrected chi connectivity index (χ3v) is 6.65. The van der Waals surface area contributed by atoms with Gasteiger partial charge >= 0.3 is 18.1 Å². The molecule has 0 aliphatic rings. The zero-order valence-corrected chi connectivity index (χ0v) is 20.5. The molecule has 0 saturated carbocycles. The highest BCUT2D eigenvalue weighted by Crippen LogP contribution is 2.26. The molecule has 2 atom stereocenters. The maximum absolute atomic E-state index is 13.6. The highest BCUT2D eigenvalue weighted by atomic mass is 35.5. The summed E-state index contributed by atoms with van der Waals surface area (Å²) < 4.78 is 20.0. The molecule has 2 unspecified atom stereocenters. The van der Waals surface area contributed by atoms with Gasteiger partial charge in [0.25, 0.3) is 0 Å². The molecule has 1 aromatic heterocycles. The van der Waals surface area contributed by atoms with Crippen LogP contribution in [0.25, 0.3) is 10.2 Å². The number of ether oxygens (including phenoxy) is 1. The van der Waals surface area contributed by atoms with E-state index in [0.29, 0.717) is 10.7 Å². The molecule has 0 aliphatic carbocycles. The quantitative estimate of drug-likeness (QED) is 0.359. The van der Waals surface area contributed by atoms with Gasteiger partial charge in [-0.1, -0.05) is 47.2 Å². The molecular weight excluding hydrogens is 499 g/mol. The average molecular weight is 523 g/mol. The van der Waals surface area contributed by atoms with E-state index in [9.17, 15) is 18.8 Å². The fourth-order valence-electron chi connectivity index (χ4n) is 3.44. The third-order valence-electron chi connectivity index (χ3n) is 5.27. The maximum Gasteiger partial charge on any atom is 0.413 e. The number of rotatable bonds is 9. The number of carbonyl (C=O) groups is 3. The first kappa shape index (κ1) is 26.2. The maximum atomic E-state index is 13.6. The summed E-state index contributed by atoms with van der Waals surface area (Å²) in [7, 11) is 1.46.